The predicted molar refractivity (Wildman–Crippen MR) is 88.2 cm³/mol. The van der Waals surface area contributed by atoms with Gasteiger partial charge in [0.05, 0.1) is 12.7 Å². The molecule has 4 rings (SSSR count). The maximum Gasteiger partial charge on any atom is 0.337 e. The van der Waals surface area contributed by atoms with Crippen LogP contribution in [0.5, 0.6) is 11.5 Å². The van der Waals surface area contributed by atoms with E-state index in [4.69, 9.17) is 9.47 Å². The second-order valence-corrected chi connectivity index (χ2v) is 6.50. The number of benzene rings is 2. The number of carbonyl (C=O) groups is 1. The summed E-state index contributed by atoms with van der Waals surface area (Å²) in [4.78, 5) is 11.5. The van der Waals surface area contributed by atoms with Crippen molar-refractivity contribution >= 4 is 5.97 Å². The molecule has 23 heavy (non-hydrogen) atoms. The van der Waals surface area contributed by atoms with Crippen molar-refractivity contribution in [1.29, 1.82) is 0 Å². The van der Waals surface area contributed by atoms with Crippen LogP contribution in [0.15, 0.2) is 42.5 Å². The molecule has 0 amide bonds. The number of hydrogen-bond acceptors (Lipinski definition) is 3. The average Bonchev–Trinajstić information content (AvgIpc) is 3.47. The van der Waals surface area contributed by atoms with Crippen molar-refractivity contribution in [3.8, 4) is 11.5 Å². The van der Waals surface area contributed by atoms with Gasteiger partial charge in [-0.25, -0.2) is 4.79 Å². The van der Waals surface area contributed by atoms with Gasteiger partial charge in [0.1, 0.15) is 11.5 Å². The van der Waals surface area contributed by atoms with Gasteiger partial charge in [-0.1, -0.05) is 6.07 Å². The molecule has 3 nitrogen and oxygen atoms in total. The molecule has 2 aliphatic rings. The van der Waals surface area contributed by atoms with Crippen molar-refractivity contribution in [3.63, 3.8) is 0 Å². The lowest BCUT2D eigenvalue weighted by Gasteiger charge is -2.11. The highest BCUT2D eigenvalue weighted by Crippen LogP contribution is 2.46. The van der Waals surface area contributed by atoms with Gasteiger partial charge >= 0.3 is 5.97 Å². The predicted octanol–water partition coefficient (Wildman–Crippen LogP) is 5.02. The minimum absolute atomic E-state index is 0.330. The maximum absolute atomic E-state index is 11.5. The number of esters is 1. The van der Waals surface area contributed by atoms with Gasteiger partial charge in [0.15, 0.2) is 0 Å². The zero-order chi connectivity index (χ0) is 15.8. The second kappa shape index (κ2) is 5.73. The normalized spacial score (nSPS) is 16.9. The quantitative estimate of drug-likeness (QED) is 0.727. The Morgan fingerprint density at radius 1 is 0.870 bits per heavy atom. The molecule has 0 aromatic heterocycles. The Hall–Kier alpha value is -2.29. The lowest BCUT2D eigenvalue weighted by molar-refractivity contribution is 0.0600. The standard InChI is InChI=1S/C20H20O3/c1-22-20(21)15-6-8-18(9-7-15)23-19-11-16(13-2-3-13)10-17(12-19)14-4-5-14/h6-14H,2-5H2,1H3. The van der Waals surface area contributed by atoms with Gasteiger partial charge in [0.25, 0.3) is 0 Å². The molecule has 0 bridgehead atoms. The van der Waals surface area contributed by atoms with Crippen LogP contribution in [0.25, 0.3) is 0 Å². The minimum atomic E-state index is -0.330. The van der Waals surface area contributed by atoms with Crippen LogP contribution in [0.2, 0.25) is 0 Å². The second-order valence-electron chi connectivity index (χ2n) is 6.50. The van der Waals surface area contributed by atoms with E-state index >= 15 is 0 Å². The van der Waals surface area contributed by atoms with Crippen molar-refractivity contribution in [2.24, 2.45) is 0 Å². The molecule has 2 fully saturated rings. The molecule has 118 valence electrons. The third-order valence-corrected chi connectivity index (χ3v) is 4.56. The summed E-state index contributed by atoms with van der Waals surface area (Å²) in [6, 6.07) is 13.8. The van der Waals surface area contributed by atoms with E-state index in [1.165, 1.54) is 43.9 Å². The monoisotopic (exact) mass is 308 g/mol. The molecule has 0 heterocycles. The highest BCUT2D eigenvalue weighted by Gasteiger charge is 2.28. The molecule has 2 aliphatic carbocycles. The molecule has 0 atom stereocenters. The fraction of sp³-hybridized carbons (Fsp3) is 0.350. The Morgan fingerprint density at radius 3 is 1.91 bits per heavy atom. The van der Waals surface area contributed by atoms with Gasteiger partial charge in [0, 0.05) is 0 Å². The number of carbonyl (C=O) groups excluding carboxylic acids is 1. The van der Waals surface area contributed by atoms with Gasteiger partial charge in [-0.3, -0.25) is 0 Å². The highest BCUT2D eigenvalue weighted by atomic mass is 16.5. The zero-order valence-corrected chi connectivity index (χ0v) is 13.2. The van der Waals surface area contributed by atoms with Crippen LogP contribution in [0.4, 0.5) is 0 Å². The van der Waals surface area contributed by atoms with Crippen molar-refractivity contribution in [2.45, 2.75) is 37.5 Å². The summed E-state index contributed by atoms with van der Waals surface area (Å²) < 4.78 is 10.7. The average molecular weight is 308 g/mol. The third-order valence-electron chi connectivity index (χ3n) is 4.56. The maximum atomic E-state index is 11.5. The van der Waals surface area contributed by atoms with Gasteiger partial charge < -0.3 is 9.47 Å². The first kappa shape index (κ1) is 14.3. The van der Waals surface area contributed by atoms with Crippen LogP contribution in [-0.4, -0.2) is 13.1 Å². The Labute approximate surface area is 136 Å². The fourth-order valence-corrected chi connectivity index (χ4v) is 2.92. The SMILES string of the molecule is COC(=O)c1ccc(Oc2cc(C3CC3)cc(C3CC3)c2)cc1. The van der Waals surface area contributed by atoms with Crippen LogP contribution in [-0.2, 0) is 4.74 Å². The van der Waals surface area contributed by atoms with Crippen molar-refractivity contribution < 1.29 is 14.3 Å². The van der Waals surface area contributed by atoms with E-state index in [-0.39, 0.29) is 5.97 Å². The van der Waals surface area contributed by atoms with Crippen LogP contribution < -0.4 is 4.74 Å². The summed E-state index contributed by atoms with van der Waals surface area (Å²) in [7, 11) is 1.38. The smallest absolute Gasteiger partial charge is 0.337 e. The molecule has 0 saturated heterocycles. The summed E-state index contributed by atoms with van der Waals surface area (Å²) in [6.07, 6.45) is 5.17. The van der Waals surface area contributed by atoms with Gasteiger partial charge in [-0.05, 0) is 85.0 Å². The molecule has 2 saturated carbocycles. The Bertz CT molecular complexity index is 695. The topological polar surface area (TPSA) is 35.5 Å². The minimum Gasteiger partial charge on any atom is -0.465 e. The first-order valence-corrected chi connectivity index (χ1v) is 8.24. The zero-order valence-electron chi connectivity index (χ0n) is 13.2. The van der Waals surface area contributed by atoms with Gasteiger partial charge in [-0.15, -0.1) is 0 Å². The van der Waals surface area contributed by atoms with E-state index in [9.17, 15) is 4.79 Å². The molecule has 2 aromatic rings. The first-order chi connectivity index (χ1) is 11.2. The molecule has 2 aromatic carbocycles. The summed E-state index contributed by atoms with van der Waals surface area (Å²) in [5.74, 6) is 2.76. The van der Waals surface area contributed by atoms with Crippen LogP contribution in [0, 0.1) is 0 Å². The summed E-state index contributed by atoms with van der Waals surface area (Å²) in [5, 5.41) is 0. The van der Waals surface area contributed by atoms with Crippen LogP contribution in [0.1, 0.15) is 59.0 Å². The van der Waals surface area contributed by atoms with Crippen molar-refractivity contribution in [2.75, 3.05) is 7.11 Å². The molecule has 3 heteroatoms. The Morgan fingerprint density at radius 2 is 1.43 bits per heavy atom. The van der Waals surface area contributed by atoms with Gasteiger partial charge in [-0.2, -0.15) is 0 Å². The largest absolute Gasteiger partial charge is 0.465 e. The summed E-state index contributed by atoms with van der Waals surface area (Å²) in [6.45, 7) is 0. The molecular formula is C20H20O3. The highest BCUT2D eigenvalue weighted by molar-refractivity contribution is 5.89. The van der Waals surface area contributed by atoms with Crippen LogP contribution in [0.3, 0.4) is 0 Å². The van der Waals surface area contributed by atoms with E-state index in [0.717, 1.165) is 23.3 Å². The molecule has 0 spiro atoms. The van der Waals surface area contributed by atoms with Crippen molar-refractivity contribution in [3.05, 3.63) is 59.2 Å². The van der Waals surface area contributed by atoms with E-state index in [1.807, 2.05) is 12.1 Å². The van der Waals surface area contributed by atoms with Crippen LogP contribution >= 0.6 is 0 Å². The molecule has 0 unspecified atom stereocenters. The lowest BCUT2D eigenvalue weighted by atomic mass is 10.0. The van der Waals surface area contributed by atoms with Crippen molar-refractivity contribution in [1.82, 2.24) is 0 Å². The molecular weight excluding hydrogens is 288 g/mol. The van der Waals surface area contributed by atoms with E-state index in [0.29, 0.717) is 5.56 Å². The first-order valence-electron chi connectivity index (χ1n) is 8.24. The van der Waals surface area contributed by atoms with E-state index < -0.39 is 0 Å². The van der Waals surface area contributed by atoms with E-state index in [2.05, 4.69) is 18.2 Å². The molecule has 0 N–H and O–H groups in total. The Kier molecular flexibility index (Phi) is 3.56. The number of rotatable bonds is 5. The number of methoxy groups -OCH3 is 1. The van der Waals surface area contributed by atoms with Gasteiger partial charge in [0.2, 0.25) is 0 Å². The number of hydrogen-bond donors (Lipinski definition) is 0. The lowest BCUT2D eigenvalue weighted by Crippen LogP contribution is -2.00. The summed E-state index contributed by atoms with van der Waals surface area (Å²) in [5.41, 5.74) is 3.36. The summed E-state index contributed by atoms with van der Waals surface area (Å²) >= 11 is 0. The molecule has 0 aliphatic heterocycles. The molecule has 0 radical (unpaired) electrons. The Balaban J connectivity index is 1.56. The number of ether oxygens (including phenoxy) is 2. The third kappa shape index (κ3) is 3.24. The van der Waals surface area contributed by atoms with E-state index in [1.54, 1.807) is 12.1 Å². The fourth-order valence-electron chi connectivity index (χ4n) is 2.92.